The lowest BCUT2D eigenvalue weighted by atomic mass is 10.1. The lowest BCUT2D eigenvalue weighted by Gasteiger charge is -2.14. The molecule has 1 atom stereocenters. The van der Waals surface area contributed by atoms with Gasteiger partial charge in [-0.25, -0.2) is 9.48 Å². The molecule has 0 bridgehead atoms. The first-order valence-electron chi connectivity index (χ1n) is 10.5. The van der Waals surface area contributed by atoms with Crippen LogP contribution in [0.4, 0.5) is 0 Å². The molecule has 0 fully saturated rings. The molecule has 31 heavy (non-hydrogen) atoms. The molecule has 0 aliphatic heterocycles. The number of carbonyl (C=O) groups excluding carboxylic acids is 2. The Morgan fingerprint density at radius 3 is 2.45 bits per heavy atom. The van der Waals surface area contributed by atoms with Crippen LogP contribution in [-0.2, 0) is 22.5 Å². The van der Waals surface area contributed by atoms with E-state index in [4.69, 9.17) is 4.74 Å². The molecule has 0 aliphatic rings. The van der Waals surface area contributed by atoms with Crippen molar-refractivity contribution in [3.8, 4) is 0 Å². The van der Waals surface area contributed by atoms with Crippen LogP contribution >= 0.6 is 0 Å². The molecule has 7 nitrogen and oxygen atoms in total. The molecule has 1 amide bonds. The lowest BCUT2D eigenvalue weighted by molar-refractivity contribution is -0.124. The molecule has 1 N–H and O–H groups in total. The fourth-order valence-electron chi connectivity index (χ4n) is 3.37. The van der Waals surface area contributed by atoms with E-state index in [0.29, 0.717) is 23.7 Å². The van der Waals surface area contributed by atoms with Crippen molar-refractivity contribution < 1.29 is 14.3 Å². The summed E-state index contributed by atoms with van der Waals surface area (Å²) in [6, 6.07) is 16.7. The summed E-state index contributed by atoms with van der Waals surface area (Å²) in [5.41, 5.74) is 0.989. The van der Waals surface area contributed by atoms with Crippen molar-refractivity contribution in [2.45, 2.75) is 45.7 Å². The highest BCUT2D eigenvalue weighted by atomic mass is 16.5. The minimum atomic E-state index is -0.729. The summed E-state index contributed by atoms with van der Waals surface area (Å²) < 4.78 is 6.47. The molecule has 162 valence electrons. The Morgan fingerprint density at radius 2 is 1.74 bits per heavy atom. The zero-order chi connectivity index (χ0) is 22.2. The molecule has 0 saturated carbocycles. The van der Waals surface area contributed by atoms with E-state index in [1.165, 1.54) is 10.2 Å². The Hall–Kier alpha value is -3.48. The Kier molecular flexibility index (Phi) is 7.54. The Bertz CT molecular complexity index is 1110. The normalized spacial score (nSPS) is 11.8. The van der Waals surface area contributed by atoms with Gasteiger partial charge in [-0.2, -0.15) is 5.10 Å². The number of hydrogen-bond acceptors (Lipinski definition) is 5. The van der Waals surface area contributed by atoms with E-state index in [1.54, 1.807) is 24.3 Å². The molecule has 2 aromatic carbocycles. The van der Waals surface area contributed by atoms with Crippen LogP contribution in [0.2, 0.25) is 0 Å². The molecular weight excluding hydrogens is 394 g/mol. The third kappa shape index (κ3) is 5.78. The fourth-order valence-corrected chi connectivity index (χ4v) is 3.37. The summed E-state index contributed by atoms with van der Waals surface area (Å²) in [6.07, 6.45) is 2.32. The minimum absolute atomic E-state index is 0.0357. The molecule has 1 unspecified atom stereocenters. The fraction of sp³-hybridized carbons (Fsp3) is 0.333. The predicted molar refractivity (Wildman–Crippen MR) is 119 cm³/mol. The summed E-state index contributed by atoms with van der Waals surface area (Å²) in [7, 11) is 0. The van der Waals surface area contributed by atoms with Gasteiger partial charge >= 0.3 is 5.97 Å². The van der Waals surface area contributed by atoms with E-state index in [2.05, 4.69) is 10.4 Å². The summed E-state index contributed by atoms with van der Waals surface area (Å²) in [5.74, 6) is -1.10. The average Bonchev–Trinajstić information content (AvgIpc) is 2.79. The highest BCUT2D eigenvalue weighted by Gasteiger charge is 2.19. The van der Waals surface area contributed by atoms with E-state index in [-0.39, 0.29) is 23.2 Å². The van der Waals surface area contributed by atoms with Crippen molar-refractivity contribution in [3.05, 3.63) is 76.2 Å². The predicted octanol–water partition coefficient (Wildman–Crippen LogP) is 3.10. The molecule has 0 spiro atoms. The lowest BCUT2D eigenvalue weighted by Crippen LogP contribution is -2.36. The van der Waals surface area contributed by atoms with Crippen molar-refractivity contribution in [1.82, 2.24) is 15.1 Å². The van der Waals surface area contributed by atoms with Crippen LogP contribution in [0.1, 0.15) is 42.7 Å². The number of ether oxygens (including phenoxy) is 1. The summed E-state index contributed by atoms with van der Waals surface area (Å²) in [6.45, 7) is 3.82. The number of amides is 1. The smallest absolute Gasteiger partial charge is 0.359 e. The van der Waals surface area contributed by atoms with Crippen LogP contribution < -0.4 is 10.9 Å². The number of benzene rings is 2. The Labute approximate surface area is 181 Å². The number of nitrogens with zero attached hydrogens (tertiary/aromatic N) is 2. The minimum Gasteiger partial charge on any atom is -0.451 e. The Balaban J connectivity index is 1.61. The number of aromatic nitrogens is 2. The molecule has 0 aliphatic carbocycles. The monoisotopic (exact) mass is 421 g/mol. The summed E-state index contributed by atoms with van der Waals surface area (Å²) in [5, 5.41) is 7.85. The number of nitrogens with one attached hydrogen (secondary N) is 1. The van der Waals surface area contributed by atoms with E-state index < -0.39 is 12.6 Å². The second kappa shape index (κ2) is 10.5. The standard InChI is InChI=1S/C24H27N3O4/c1-3-15-27-23(29)20-12-8-7-11-19(20)22(26-27)24(30)31-16-21(28)25-17(2)13-14-18-9-5-4-6-10-18/h4-12,17H,3,13-16H2,1-2H3,(H,25,28). The zero-order valence-corrected chi connectivity index (χ0v) is 17.8. The molecule has 7 heteroatoms. The first kappa shape index (κ1) is 22.2. The SMILES string of the molecule is CCCn1nc(C(=O)OCC(=O)NC(C)CCc2ccccc2)c2ccccc2c1=O. The highest BCUT2D eigenvalue weighted by molar-refractivity contribution is 6.02. The van der Waals surface area contributed by atoms with Gasteiger partial charge in [0.2, 0.25) is 0 Å². The van der Waals surface area contributed by atoms with E-state index >= 15 is 0 Å². The number of fused-ring (bicyclic) bond motifs is 1. The second-order valence-electron chi connectivity index (χ2n) is 7.49. The summed E-state index contributed by atoms with van der Waals surface area (Å²) in [4.78, 5) is 37.4. The molecule has 0 radical (unpaired) electrons. The topological polar surface area (TPSA) is 90.3 Å². The second-order valence-corrected chi connectivity index (χ2v) is 7.49. The molecular formula is C24H27N3O4. The van der Waals surface area contributed by atoms with Crippen LogP contribution in [0.15, 0.2) is 59.4 Å². The number of esters is 1. The molecule has 3 aromatic rings. The quantitative estimate of drug-likeness (QED) is 0.536. The third-order valence-corrected chi connectivity index (χ3v) is 4.95. The van der Waals surface area contributed by atoms with Crippen LogP contribution in [0.3, 0.4) is 0 Å². The number of hydrogen-bond donors (Lipinski definition) is 1. The van der Waals surface area contributed by atoms with Gasteiger partial charge in [0.25, 0.3) is 11.5 Å². The number of aryl methyl sites for hydroxylation is 2. The van der Waals surface area contributed by atoms with Crippen LogP contribution in [0, 0.1) is 0 Å². The maximum absolute atomic E-state index is 12.6. The molecule has 1 heterocycles. The van der Waals surface area contributed by atoms with Gasteiger partial charge in [-0.15, -0.1) is 0 Å². The first-order valence-corrected chi connectivity index (χ1v) is 10.5. The van der Waals surface area contributed by atoms with Crippen LogP contribution in [-0.4, -0.2) is 34.3 Å². The maximum atomic E-state index is 12.6. The number of rotatable bonds is 9. The Morgan fingerprint density at radius 1 is 1.06 bits per heavy atom. The zero-order valence-electron chi connectivity index (χ0n) is 17.8. The maximum Gasteiger partial charge on any atom is 0.359 e. The van der Waals surface area contributed by atoms with E-state index in [0.717, 1.165) is 12.8 Å². The van der Waals surface area contributed by atoms with Gasteiger partial charge in [0.05, 0.1) is 5.39 Å². The molecule has 0 saturated heterocycles. The van der Waals surface area contributed by atoms with Crippen LogP contribution in [0.25, 0.3) is 10.8 Å². The van der Waals surface area contributed by atoms with Crippen molar-refractivity contribution in [2.24, 2.45) is 0 Å². The van der Waals surface area contributed by atoms with Crippen molar-refractivity contribution >= 4 is 22.6 Å². The van der Waals surface area contributed by atoms with Gasteiger partial charge in [0.1, 0.15) is 0 Å². The van der Waals surface area contributed by atoms with Gasteiger partial charge in [0, 0.05) is 18.0 Å². The van der Waals surface area contributed by atoms with Gasteiger partial charge in [-0.1, -0.05) is 55.5 Å². The third-order valence-electron chi connectivity index (χ3n) is 4.95. The molecule has 3 rings (SSSR count). The van der Waals surface area contributed by atoms with Crippen LogP contribution in [0.5, 0.6) is 0 Å². The van der Waals surface area contributed by atoms with E-state index in [9.17, 15) is 14.4 Å². The number of carbonyl (C=O) groups is 2. The highest BCUT2D eigenvalue weighted by Crippen LogP contribution is 2.14. The van der Waals surface area contributed by atoms with Crippen molar-refractivity contribution in [3.63, 3.8) is 0 Å². The van der Waals surface area contributed by atoms with Crippen molar-refractivity contribution in [2.75, 3.05) is 6.61 Å². The molecule has 1 aromatic heterocycles. The van der Waals surface area contributed by atoms with Gasteiger partial charge in [0.15, 0.2) is 12.3 Å². The van der Waals surface area contributed by atoms with Gasteiger partial charge in [-0.3, -0.25) is 9.59 Å². The summed E-state index contributed by atoms with van der Waals surface area (Å²) >= 11 is 0. The largest absolute Gasteiger partial charge is 0.451 e. The average molecular weight is 421 g/mol. The van der Waals surface area contributed by atoms with Crippen molar-refractivity contribution in [1.29, 1.82) is 0 Å². The first-order chi connectivity index (χ1) is 15.0. The van der Waals surface area contributed by atoms with Gasteiger partial charge < -0.3 is 10.1 Å². The van der Waals surface area contributed by atoms with E-state index in [1.807, 2.05) is 44.2 Å². The van der Waals surface area contributed by atoms with Gasteiger partial charge in [-0.05, 0) is 37.8 Å².